The predicted molar refractivity (Wildman–Crippen MR) is 78.6 cm³/mol. The van der Waals surface area contributed by atoms with E-state index in [4.69, 9.17) is 15.2 Å². The molecule has 4 nitrogen and oxygen atoms in total. The van der Waals surface area contributed by atoms with Crippen molar-refractivity contribution in [1.82, 2.24) is 4.98 Å². The monoisotopic (exact) mass is 322 g/mol. The molecule has 1 aromatic carbocycles. The van der Waals surface area contributed by atoms with Gasteiger partial charge in [-0.05, 0) is 48.0 Å². The van der Waals surface area contributed by atoms with Gasteiger partial charge < -0.3 is 15.2 Å². The van der Waals surface area contributed by atoms with Gasteiger partial charge in [0.05, 0.1) is 12.3 Å². The van der Waals surface area contributed by atoms with Gasteiger partial charge in [0.15, 0.2) is 5.75 Å². The van der Waals surface area contributed by atoms with Gasteiger partial charge in [-0.3, -0.25) is 4.98 Å². The van der Waals surface area contributed by atoms with E-state index in [1.54, 1.807) is 18.5 Å². The van der Waals surface area contributed by atoms with Crippen LogP contribution in [-0.4, -0.2) is 11.1 Å². The zero-order chi connectivity index (χ0) is 13.8. The highest BCUT2D eigenvalue weighted by molar-refractivity contribution is 9.10. The third-order valence-corrected chi connectivity index (χ3v) is 2.73. The molecule has 1 heterocycles. The quantitative estimate of drug-likeness (QED) is 0.864. The van der Waals surface area contributed by atoms with Gasteiger partial charge >= 0.3 is 0 Å². The van der Waals surface area contributed by atoms with Gasteiger partial charge in [-0.15, -0.1) is 0 Å². The number of anilines is 1. The number of nitrogens with two attached hydrogens (primary N) is 1. The number of nitrogens with zero attached hydrogens (tertiary/aromatic N) is 1. The minimum Gasteiger partial charge on any atom is -0.489 e. The molecule has 0 amide bonds. The normalized spacial score (nSPS) is 10.5. The van der Waals surface area contributed by atoms with Crippen LogP contribution in [-0.2, 0) is 0 Å². The lowest BCUT2D eigenvalue weighted by Crippen LogP contribution is -2.07. The van der Waals surface area contributed by atoms with Crippen molar-refractivity contribution in [3.63, 3.8) is 0 Å². The Kier molecular flexibility index (Phi) is 4.27. The minimum absolute atomic E-state index is 0.0603. The van der Waals surface area contributed by atoms with Crippen molar-refractivity contribution < 1.29 is 9.47 Å². The number of hydrogen-bond acceptors (Lipinski definition) is 4. The number of pyridine rings is 1. The van der Waals surface area contributed by atoms with Crippen LogP contribution in [0.1, 0.15) is 13.8 Å². The molecule has 1 aromatic heterocycles. The fourth-order valence-corrected chi connectivity index (χ4v) is 1.89. The van der Waals surface area contributed by atoms with Crippen LogP contribution < -0.4 is 15.2 Å². The number of nitrogen functional groups attached to an aromatic ring is 1. The molecule has 0 saturated carbocycles. The highest BCUT2D eigenvalue weighted by atomic mass is 79.9. The van der Waals surface area contributed by atoms with Gasteiger partial charge in [0.1, 0.15) is 17.2 Å². The third kappa shape index (κ3) is 3.61. The molecule has 0 atom stereocenters. The number of aromatic nitrogens is 1. The zero-order valence-corrected chi connectivity index (χ0v) is 12.3. The molecule has 0 aliphatic heterocycles. The Morgan fingerprint density at radius 1 is 1.21 bits per heavy atom. The molecule has 2 rings (SSSR count). The number of rotatable bonds is 4. The number of para-hydroxylation sites is 1. The molecule has 2 aromatic rings. The fraction of sp³-hybridized carbons (Fsp3) is 0.214. The molecule has 0 radical (unpaired) electrons. The highest BCUT2D eigenvalue weighted by Crippen LogP contribution is 2.35. The summed E-state index contributed by atoms with van der Waals surface area (Å²) >= 11 is 3.34. The van der Waals surface area contributed by atoms with Crippen molar-refractivity contribution in [2.45, 2.75) is 20.0 Å². The molecule has 0 fully saturated rings. The first-order chi connectivity index (χ1) is 9.06. The molecule has 0 aliphatic rings. The van der Waals surface area contributed by atoms with Crippen LogP contribution in [0.5, 0.6) is 17.2 Å². The van der Waals surface area contributed by atoms with E-state index in [9.17, 15) is 0 Å². The van der Waals surface area contributed by atoms with Crippen LogP contribution in [0.2, 0.25) is 0 Å². The fourth-order valence-electron chi connectivity index (χ4n) is 1.54. The van der Waals surface area contributed by atoms with Crippen molar-refractivity contribution in [3.8, 4) is 17.2 Å². The maximum atomic E-state index is 6.04. The second kappa shape index (κ2) is 5.93. The first-order valence-corrected chi connectivity index (χ1v) is 6.69. The summed E-state index contributed by atoms with van der Waals surface area (Å²) in [5.74, 6) is 1.79. The van der Waals surface area contributed by atoms with Crippen LogP contribution in [0.3, 0.4) is 0 Å². The van der Waals surface area contributed by atoms with Crippen LogP contribution in [0.4, 0.5) is 5.69 Å². The van der Waals surface area contributed by atoms with E-state index in [1.807, 2.05) is 32.0 Å². The topological polar surface area (TPSA) is 57.4 Å². The molecule has 0 spiro atoms. The Bertz CT molecular complexity index is 573. The standard InChI is InChI=1S/C14H15BrN2O2/c1-9(2)18-12-4-3-5-13(14(12)16)19-11-6-10(15)7-17-8-11/h3-9H,16H2,1-2H3. The van der Waals surface area contributed by atoms with Crippen LogP contribution in [0.25, 0.3) is 0 Å². The third-order valence-electron chi connectivity index (χ3n) is 2.30. The second-order valence-electron chi connectivity index (χ2n) is 4.28. The van der Waals surface area contributed by atoms with Gasteiger partial charge in [-0.1, -0.05) is 6.07 Å². The number of halogens is 1. The second-order valence-corrected chi connectivity index (χ2v) is 5.19. The smallest absolute Gasteiger partial charge is 0.154 e. The number of hydrogen-bond donors (Lipinski definition) is 1. The van der Waals surface area contributed by atoms with Crippen LogP contribution in [0, 0.1) is 0 Å². The van der Waals surface area contributed by atoms with Gasteiger partial charge in [0.25, 0.3) is 0 Å². The van der Waals surface area contributed by atoms with E-state index in [0.29, 0.717) is 22.9 Å². The van der Waals surface area contributed by atoms with E-state index in [-0.39, 0.29) is 6.10 Å². The summed E-state index contributed by atoms with van der Waals surface area (Å²) in [7, 11) is 0. The lowest BCUT2D eigenvalue weighted by atomic mass is 10.2. The summed E-state index contributed by atoms with van der Waals surface area (Å²) in [5.41, 5.74) is 6.52. The Balaban J connectivity index is 2.25. The van der Waals surface area contributed by atoms with Gasteiger partial charge in [0.2, 0.25) is 0 Å². The molecule has 0 saturated heterocycles. The molecule has 19 heavy (non-hydrogen) atoms. The highest BCUT2D eigenvalue weighted by Gasteiger charge is 2.09. The summed E-state index contributed by atoms with van der Waals surface area (Å²) in [6.45, 7) is 3.90. The average Bonchev–Trinajstić information content (AvgIpc) is 2.34. The molecular formula is C14H15BrN2O2. The average molecular weight is 323 g/mol. The summed E-state index contributed by atoms with van der Waals surface area (Å²) in [6.07, 6.45) is 3.37. The zero-order valence-electron chi connectivity index (χ0n) is 10.8. The largest absolute Gasteiger partial charge is 0.489 e. The van der Waals surface area contributed by atoms with E-state index in [1.165, 1.54) is 0 Å². The van der Waals surface area contributed by atoms with Crippen molar-refractivity contribution in [1.29, 1.82) is 0 Å². The summed E-state index contributed by atoms with van der Waals surface area (Å²) in [4.78, 5) is 4.04. The Labute approximate surface area is 120 Å². The van der Waals surface area contributed by atoms with Gasteiger partial charge in [-0.25, -0.2) is 0 Å². The molecule has 0 unspecified atom stereocenters. The van der Waals surface area contributed by atoms with Crippen molar-refractivity contribution >= 4 is 21.6 Å². The SMILES string of the molecule is CC(C)Oc1cccc(Oc2cncc(Br)c2)c1N. The first kappa shape index (κ1) is 13.7. The minimum atomic E-state index is 0.0603. The van der Waals surface area contributed by atoms with E-state index in [2.05, 4.69) is 20.9 Å². The van der Waals surface area contributed by atoms with Crippen LogP contribution >= 0.6 is 15.9 Å². The number of ether oxygens (including phenoxy) is 2. The maximum absolute atomic E-state index is 6.04. The predicted octanol–water partition coefficient (Wildman–Crippen LogP) is 4.01. The Morgan fingerprint density at radius 3 is 2.63 bits per heavy atom. The molecule has 0 bridgehead atoms. The lowest BCUT2D eigenvalue weighted by molar-refractivity contribution is 0.243. The van der Waals surface area contributed by atoms with E-state index < -0.39 is 0 Å². The maximum Gasteiger partial charge on any atom is 0.154 e. The lowest BCUT2D eigenvalue weighted by Gasteiger charge is -2.15. The van der Waals surface area contributed by atoms with E-state index in [0.717, 1.165) is 4.47 Å². The Morgan fingerprint density at radius 2 is 1.95 bits per heavy atom. The molecular weight excluding hydrogens is 308 g/mol. The van der Waals surface area contributed by atoms with Crippen molar-refractivity contribution in [2.24, 2.45) is 0 Å². The molecule has 100 valence electrons. The Hall–Kier alpha value is -1.75. The van der Waals surface area contributed by atoms with Crippen LogP contribution in [0.15, 0.2) is 41.1 Å². The van der Waals surface area contributed by atoms with Gasteiger partial charge in [0, 0.05) is 10.7 Å². The van der Waals surface area contributed by atoms with E-state index >= 15 is 0 Å². The summed E-state index contributed by atoms with van der Waals surface area (Å²) in [6, 6.07) is 7.28. The van der Waals surface area contributed by atoms with Gasteiger partial charge in [-0.2, -0.15) is 0 Å². The van der Waals surface area contributed by atoms with Crippen molar-refractivity contribution in [2.75, 3.05) is 5.73 Å². The molecule has 0 aliphatic carbocycles. The number of benzene rings is 1. The summed E-state index contributed by atoms with van der Waals surface area (Å²) in [5, 5.41) is 0. The molecule has 5 heteroatoms. The molecule has 2 N–H and O–H groups in total. The van der Waals surface area contributed by atoms with Crippen molar-refractivity contribution in [3.05, 3.63) is 41.1 Å². The summed E-state index contributed by atoms with van der Waals surface area (Å²) < 4.78 is 12.2. The first-order valence-electron chi connectivity index (χ1n) is 5.90.